The van der Waals surface area contributed by atoms with E-state index >= 15 is 0 Å². The van der Waals surface area contributed by atoms with Crippen LogP contribution in [-0.4, -0.2) is 21.7 Å². The Morgan fingerprint density at radius 1 is 1.38 bits per heavy atom. The lowest BCUT2D eigenvalue weighted by Crippen LogP contribution is -2.20. The van der Waals surface area contributed by atoms with Gasteiger partial charge in [0.05, 0.1) is 11.9 Å². The number of amides is 1. The highest BCUT2D eigenvalue weighted by atomic mass is 35.5. The normalized spacial score (nSPS) is 11.6. The SMILES string of the molecule is Cc1ccccc1-n1nccc1NC(=O)CCC(C)N.Cl. The predicted molar refractivity (Wildman–Crippen MR) is 87.1 cm³/mol. The summed E-state index contributed by atoms with van der Waals surface area (Å²) in [5.74, 6) is 0.631. The molecule has 1 aromatic carbocycles. The molecule has 2 rings (SSSR count). The Morgan fingerprint density at radius 3 is 2.76 bits per heavy atom. The number of nitrogens with two attached hydrogens (primary N) is 1. The van der Waals surface area contributed by atoms with Gasteiger partial charge in [-0.05, 0) is 31.9 Å². The summed E-state index contributed by atoms with van der Waals surface area (Å²) in [6.07, 6.45) is 2.76. The van der Waals surface area contributed by atoms with Gasteiger partial charge in [0.15, 0.2) is 0 Å². The fraction of sp³-hybridized carbons (Fsp3) is 0.333. The molecule has 0 aliphatic carbocycles. The molecule has 0 radical (unpaired) electrons. The molecule has 1 amide bonds. The second-order valence-electron chi connectivity index (χ2n) is 4.98. The van der Waals surface area contributed by atoms with Gasteiger partial charge in [-0.25, -0.2) is 4.68 Å². The van der Waals surface area contributed by atoms with Crippen LogP contribution in [0.15, 0.2) is 36.5 Å². The molecule has 3 N–H and O–H groups in total. The highest BCUT2D eigenvalue weighted by Crippen LogP contribution is 2.18. The van der Waals surface area contributed by atoms with Gasteiger partial charge < -0.3 is 11.1 Å². The van der Waals surface area contributed by atoms with E-state index < -0.39 is 0 Å². The number of aromatic nitrogens is 2. The Morgan fingerprint density at radius 2 is 2.10 bits per heavy atom. The smallest absolute Gasteiger partial charge is 0.225 e. The molecule has 114 valence electrons. The van der Waals surface area contributed by atoms with Gasteiger partial charge in [0, 0.05) is 18.5 Å². The summed E-state index contributed by atoms with van der Waals surface area (Å²) in [4.78, 5) is 11.9. The first kappa shape index (κ1) is 17.2. The zero-order valence-corrected chi connectivity index (χ0v) is 13.1. The molecule has 1 unspecified atom stereocenters. The standard InChI is InChI=1S/C15H20N4O.ClH/c1-11-5-3-4-6-13(11)19-14(9-10-17-19)18-15(20)8-7-12(2)16;/h3-6,9-10,12H,7-8,16H2,1-2H3,(H,18,20);1H. The van der Waals surface area contributed by atoms with E-state index in [0.717, 1.165) is 11.3 Å². The molecule has 1 aromatic heterocycles. The van der Waals surface area contributed by atoms with Gasteiger partial charge in [-0.1, -0.05) is 18.2 Å². The molecular weight excluding hydrogens is 288 g/mol. The number of carbonyl (C=O) groups excluding carboxylic acids is 1. The largest absolute Gasteiger partial charge is 0.328 e. The monoisotopic (exact) mass is 308 g/mol. The fourth-order valence-electron chi connectivity index (χ4n) is 1.96. The first-order chi connectivity index (χ1) is 9.58. The highest BCUT2D eigenvalue weighted by Gasteiger charge is 2.10. The zero-order chi connectivity index (χ0) is 14.5. The first-order valence-corrected chi connectivity index (χ1v) is 6.73. The molecule has 0 saturated heterocycles. The average Bonchev–Trinajstić information content (AvgIpc) is 2.85. The van der Waals surface area contributed by atoms with Crippen molar-refractivity contribution < 1.29 is 4.79 Å². The summed E-state index contributed by atoms with van der Waals surface area (Å²) in [7, 11) is 0. The number of hydrogen-bond acceptors (Lipinski definition) is 3. The topological polar surface area (TPSA) is 72.9 Å². The number of hydrogen-bond donors (Lipinski definition) is 2. The summed E-state index contributed by atoms with van der Waals surface area (Å²) in [6.45, 7) is 3.91. The lowest BCUT2D eigenvalue weighted by Gasteiger charge is -2.11. The molecule has 1 atom stereocenters. The van der Waals surface area contributed by atoms with Crippen molar-refractivity contribution in [3.05, 3.63) is 42.1 Å². The number of aryl methyl sites for hydroxylation is 1. The van der Waals surface area contributed by atoms with Gasteiger partial charge in [0.25, 0.3) is 0 Å². The van der Waals surface area contributed by atoms with E-state index in [1.807, 2.05) is 38.1 Å². The van der Waals surface area contributed by atoms with E-state index in [1.54, 1.807) is 16.9 Å². The molecule has 0 aliphatic heterocycles. The van der Waals surface area contributed by atoms with Crippen molar-refractivity contribution in [2.24, 2.45) is 5.73 Å². The van der Waals surface area contributed by atoms with Crippen molar-refractivity contribution >= 4 is 24.1 Å². The number of nitrogens with zero attached hydrogens (tertiary/aromatic N) is 2. The fourth-order valence-corrected chi connectivity index (χ4v) is 1.96. The molecule has 21 heavy (non-hydrogen) atoms. The maximum atomic E-state index is 11.9. The van der Waals surface area contributed by atoms with Gasteiger partial charge >= 0.3 is 0 Å². The van der Waals surface area contributed by atoms with Crippen LogP contribution in [0.2, 0.25) is 0 Å². The van der Waals surface area contributed by atoms with Gasteiger partial charge in [0.2, 0.25) is 5.91 Å². The lowest BCUT2D eigenvalue weighted by atomic mass is 10.2. The average molecular weight is 309 g/mol. The van der Waals surface area contributed by atoms with E-state index in [1.165, 1.54) is 0 Å². The number of benzene rings is 1. The Bertz CT molecular complexity index is 595. The van der Waals surface area contributed by atoms with Crippen molar-refractivity contribution in [3.8, 4) is 5.69 Å². The summed E-state index contributed by atoms with van der Waals surface area (Å²) in [6, 6.07) is 9.73. The van der Waals surface area contributed by atoms with Crippen LogP contribution in [0, 0.1) is 6.92 Å². The van der Waals surface area contributed by atoms with Gasteiger partial charge in [-0.2, -0.15) is 5.10 Å². The van der Waals surface area contributed by atoms with E-state index in [-0.39, 0.29) is 24.4 Å². The number of para-hydroxylation sites is 1. The van der Waals surface area contributed by atoms with Crippen LogP contribution in [0.5, 0.6) is 0 Å². The number of rotatable bonds is 5. The summed E-state index contributed by atoms with van der Waals surface area (Å²) >= 11 is 0. The van der Waals surface area contributed by atoms with Crippen LogP contribution < -0.4 is 11.1 Å². The van der Waals surface area contributed by atoms with Crippen LogP contribution >= 0.6 is 12.4 Å². The Kier molecular flexibility index (Phi) is 6.39. The molecule has 2 aromatic rings. The molecule has 5 nitrogen and oxygen atoms in total. The van der Waals surface area contributed by atoms with Crippen molar-refractivity contribution in [3.63, 3.8) is 0 Å². The van der Waals surface area contributed by atoms with Crippen LogP contribution in [0.1, 0.15) is 25.3 Å². The Hall–Kier alpha value is -1.85. The third kappa shape index (κ3) is 4.58. The van der Waals surface area contributed by atoms with Crippen molar-refractivity contribution in [2.45, 2.75) is 32.7 Å². The minimum absolute atomic E-state index is 0. The van der Waals surface area contributed by atoms with Crippen LogP contribution in [0.4, 0.5) is 5.82 Å². The Labute approximate surface area is 130 Å². The number of nitrogens with one attached hydrogen (secondary N) is 1. The minimum Gasteiger partial charge on any atom is -0.328 e. The first-order valence-electron chi connectivity index (χ1n) is 6.73. The molecule has 0 saturated carbocycles. The zero-order valence-electron chi connectivity index (χ0n) is 12.2. The van der Waals surface area contributed by atoms with Crippen LogP contribution in [0.25, 0.3) is 5.69 Å². The summed E-state index contributed by atoms with van der Waals surface area (Å²) < 4.78 is 1.74. The maximum Gasteiger partial charge on any atom is 0.225 e. The van der Waals surface area contributed by atoms with Gasteiger partial charge in [-0.15, -0.1) is 12.4 Å². The van der Waals surface area contributed by atoms with Crippen LogP contribution in [0.3, 0.4) is 0 Å². The van der Waals surface area contributed by atoms with Crippen molar-refractivity contribution in [1.29, 1.82) is 0 Å². The predicted octanol–water partition coefficient (Wildman–Crippen LogP) is 2.67. The third-order valence-electron chi connectivity index (χ3n) is 3.08. The van der Waals surface area contributed by atoms with Gasteiger partial charge in [0.1, 0.15) is 5.82 Å². The third-order valence-corrected chi connectivity index (χ3v) is 3.08. The van der Waals surface area contributed by atoms with E-state index in [4.69, 9.17) is 5.73 Å². The molecule has 0 bridgehead atoms. The maximum absolute atomic E-state index is 11.9. The second kappa shape index (κ2) is 7.81. The molecule has 6 heteroatoms. The summed E-state index contributed by atoms with van der Waals surface area (Å²) in [5.41, 5.74) is 7.72. The highest BCUT2D eigenvalue weighted by molar-refractivity contribution is 5.90. The van der Waals surface area contributed by atoms with Crippen molar-refractivity contribution in [1.82, 2.24) is 9.78 Å². The second-order valence-corrected chi connectivity index (χ2v) is 4.98. The number of carbonyl (C=O) groups is 1. The Balaban J connectivity index is 0.00000220. The number of anilines is 1. The van der Waals surface area contributed by atoms with Crippen LogP contribution in [-0.2, 0) is 4.79 Å². The van der Waals surface area contributed by atoms with E-state index in [9.17, 15) is 4.79 Å². The lowest BCUT2D eigenvalue weighted by molar-refractivity contribution is -0.116. The molecular formula is C15H21ClN4O. The molecule has 0 fully saturated rings. The number of halogens is 1. The van der Waals surface area contributed by atoms with E-state index in [2.05, 4.69) is 10.4 Å². The minimum atomic E-state index is -0.0439. The quantitative estimate of drug-likeness (QED) is 0.892. The molecule has 0 aliphatic rings. The van der Waals surface area contributed by atoms with Gasteiger partial charge in [-0.3, -0.25) is 4.79 Å². The molecule has 1 heterocycles. The summed E-state index contributed by atoms with van der Waals surface area (Å²) in [5, 5.41) is 7.15. The molecule has 0 spiro atoms. The van der Waals surface area contributed by atoms with Crippen molar-refractivity contribution in [2.75, 3.05) is 5.32 Å². The van der Waals surface area contributed by atoms with E-state index in [0.29, 0.717) is 18.7 Å².